The van der Waals surface area contributed by atoms with Gasteiger partial charge < -0.3 is 5.32 Å². The van der Waals surface area contributed by atoms with Gasteiger partial charge in [0.05, 0.1) is 5.75 Å². The van der Waals surface area contributed by atoms with E-state index in [-0.39, 0.29) is 17.5 Å². The molecule has 3 rings (SSSR count). The van der Waals surface area contributed by atoms with E-state index in [9.17, 15) is 9.18 Å². The summed E-state index contributed by atoms with van der Waals surface area (Å²) in [4.78, 5) is 12.1. The van der Waals surface area contributed by atoms with Crippen LogP contribution in [0.25, 0.3) is 5.69 Å². The van der Waals surface area contributed by atoms with Crippen LogP contribution in [-0.4, -0.2) is 26.4 Å². The predicted octanol–water partition coefficient (Wildman–Crippen LogP) is 4.10. The Morgan fingerprint density at radius 1 is 1.16 bits per heavy atom. The molecule has 3 aromatic rings. The summed E-state index contributed by atoms with van der Waals surface area (Å²) in [5, 5.41) is 12.1. The molecular formula is C17H14ClFN4OS. The van der Waals surface area contributed by atoms with Gasteiger partial charge in [-0.3, -0.25) is 9.36 Å². The van der Waals surface area contributed by atoms with Gasteiger partial charge in [0.1, 0.15) is 11.6 Å². The van der Waals surface area contributed by atoms with Crippen LogP contribution in [0.15, 0.2) is 53.7 Å². The van der Waals surface area contributed by atoms with Crippen molar-refractivity contribution in [2.45, 2.75) is 12.1 Å². The van der Waals surface area contributed by atoms with Crippen molar-refractivity contribution in [3.05, 3.63) is 65.2 Å². The molecular weight excluding hydrogens is 363 g/mol. The molecule has 0 unspecified atom stereocenters. The molecule has 0 saturated carbocycles. The average molecular weight is 377 g/mol. The van der Waals surface area contributed by atoms with Crippen molar-refractivity contribution in [1.82, 2.24) is 14.8 Å². The zero-order chi connectivity index (χ0) is 17.8. The molecule has 2 aromatic carbocycles. The van der Waals surface area contributed by atoms with Gasteiger partial charge in [-0.05, 0) is 55.5 Å². The third-order valence-corrected chi connectivity index (χ3v) is 4.52. The number of amides is 1. The number of carbonyl (C=O) groups is 1. The Bertz CT molecular complexity index is 881. The highest BCUT2D eigenvalue weighted by Crippen LogP contribution is 2.23. The Balaban J connectivity index is 1.68. The first-order chi connectivity index (χ1) is 12.0. The number of carbonyl (C=O) groups excluding carboxylic acids is 1. The smallest absolute Gasteiger partial charge is 0.234 e. The van der Waals surface area contributed by atoms with Crippen molar-refractivity contribution in [3.8, 4) is 5.69 Å². The van der Waals surface area contributed by atoms with Crippen molar-refractivity contribution in [2.24, 2.45) is 0 Å². The fourth-order valence-corrected chi connectivity index (χ4v) is 3.11. The summed E-state index contributed by atoms with van der Waals surface area (Å²) in [6.07, 6.45) is 0. The Morgan fingerprint density at radius 2 is 1.84 bits per heavy atom. The number of nitrogens with one attached hydrogen (secondary N) is 1. The number of halogens is 2. The van der Waals surface area contributed by atoms with Crippen molar-refractivity contribution in [2.75, 3.05) is 11.1 Å². The normalized spacial score (nSPS) is 10.7. The molecule has 0 aliphatic carbocycles. The van der Waals surface area contributed by atoms with Crippen LogP contribution in [-0.2, 0) is 4.79 Å². The van der Waals surface area contributed by atoms with E-state index < -0.39 is 0 Å². The Hall–Kier alpha value is -2.38. The minimum atomic E-state index is -0.348. The van der Waals surface area contributed by atoms with Crippen LogP contribution in [0, 0.1) is 12.7 Å². The van der Waals surface area contributed by atoms with Gasteiger partial charge in [0, 0.05) is 16.4 Å². The minimum absolute atomic E-state index is 0.156. The summed E-state index contributed by atoms with van der Waals surface area (Å²) in [6, 6.07) is 12.9. The molecule has 1 amide bonds. The zero-order valence-corrected chi connectivity index (χ0v) is 14.8. The van der Waals surface area contributed by atoms with Crippen LogP contribution in [0.4, 0.5) is 10.1 Å². The Kier molecular flexibility index (Phi) is 5.35. The number of rotatable bonds is 5. The van der Waals surface area contributed by atoms with E-state index in [0.29, 0.717) is 21.7 Å². The Labute approximate surface area is 153 Å². The molecule has 0 aliphatic rings. The van der Waals surface area contributed by atoms with Crippen LogP contribution < -0.4 is 5.32 Å². The molecule has 1 aromatic heterocycles. The average Bonchev–Trinajstić information content (AvgIpc) is 2.97. The molecule has 128 valence electrons. The highest BCUT2D eigenvalue weighted by molar-refractivity contribution is 7.99. The van der Waals surface area contributed by atoms with Crippen molar-refractivity contribution >= 4 is 35.0 Å². The SMILES string of the molecule is Cc1nnc(SCC(=O)Nc2ccc(F)cc2)n1-c1ccc(Cl)cc1. The number of aryl methyl sites for hydroxylation is 1. The molecule has 0 radical (unpaired) electrons. The number of nitrogens with zero attached hydrogens (tertiary/aromatic N) is 3. The van der Waals surface area contributed by atoms with Crippen LogP contribution in [0.2, 0.25) is 5.02 Å². The summed E-state index contributed by atoms with van der Waals surface area (Å²) < 4.78 is 14.7. The fourth-order valence-electron chi connectivity index (χ4n) is 2.18. The topological polar surface area (TPSA) is 59.8 Å². The molecule has 8 heteroatoms. The number of anilines is 1. The number of hydrogen-bond donors (Lipinski definition) is 1. The molecule has 5 nitrogen and oxygen atoms in total. The Morgan fingerprint density at radius 3 is 2.52 bits per heavy atom. The minimum Gasteiger partial charge on any atom is -0.325 e. The number of benzene rings is 2. The largest absolute Gasteiger partial charge is 0.325 e. The first kappa shape index (κ1) is 17.4. The summed E-state index contributed by atoms with van der Waals surface area (Å²) in [5.41, 5.74) is 1.41. The summed E-state index contributed by atoms with van der Waals surface area (Å²) in [5.74, 6) is 0.311. The molecule has 0 spiro atoms. The number of hydrogen-bond acceptors (Lipinski definition) is 4. The van der Waals surface area contributed by atoms with Gasteiger partial charge in [-0.2, -0.15) is 0 Å². The molecule has 0 saturated heterocycles. The van der Waals surface area contributed by atoms with Crippen molar-refractivity contribution in [1.29, 1.82) is 0 Å². The number of thioether (sulfide) groups is 1. The van der Waals surface area contributed by atoms with E-state index in [4.69, 9.17) is 11.6 Å². The zero-order valence-electron chi connectivity index (χ0n) is 13.2. The molecule has 0 aliphatic heterocycles. The standard InChI is InChI=1S/C17H14ClFN4OS/c1-11-21-22-17(23(11)15-8-2-12(18)3-9-15)25-10-16(24)20-14-6-4-13(19)5-7-14/h2-9H,10H2,1H3,(H,20,24). The first-order valence-electron chi connectivity index (χ1n) is 7.39. The quantitative estimate of drug-likeness (QED) is 0.681. The third-order valence-electron chi connectivity index (χ3n) is 3.34. The molecule has 25 heavy (non-hydrogen) atoms. The second-order valence-corrected chi connectivity index (χ2v) is 6.56. The third kappa shape index (κ3) is 4.37. The molecule has 0 bridgehead atoms. The lowest BCUT2D eigenvalue weighted by Gasteiger charge is -2.09. The van der Waals surface area contributed by atoms with Gasteiger partial charge in [0.15, 0.2) is 5.16 Å². The molecule has 1 N–H and O–H groups in total. The summed E-state index contributed by atoms with van der Waals surface area (Å²) >= 11 is 7.19. The van der Waals surface area contributed by atoms with E-state index in [2.05, 4.69) is 15.5 Å². The molecule has 1 heterocycles. The lowest BCUT2D eigenvalue weighted by Crippen LogP contribution is -2.14. The van der Waals surface area contributed by atoms with Crippen molar-refractivity contribution < 1.29 is 9.18 Å². The van der Waals surface area contributed by atoms with Crippen LogP contribution in [0.1, 0.15) is 5.82 Å². The van der Waals surface area contributed by atoms with Gasteiger partial charge >= 0.3 is 0 Å². The second kappa shape index (κ2) is 7.67. The van der Waals surface area contributed by atoms with Crippen molar-refractivity contribution in [3.63, 3.8) is 0 Å². The van der Waals surface area contributed by atoms with E-state index in [1.54, 1.807) is 12.1 Å². The summed E-state index contributed by atoms with van der Waals surface area (Å²) in [7, 11) is 0. The van der Waals surface area contributed by atoms with Gasteiger partial charge in [-0.1, -0.05) is 23.4 Å². The molecule has 0 atom stereocenters. The second-order valence-electron chi connectivity index (χ2n) is 5.19. The maximum absolute atomic E-state index is 12.9. The van der Waals surface area contributed by atoms with E-state index in [1.807, 2.05) is 23.6 Å². The number of aromatic nitrogens is 3. The summed E-state index contributed by atoms with van der Waals surface area (Å²) in [6.45, 7) is 1.84. The van der Waals surface area contributed by atoms with Crippen LogP contribution in [0.3, 0.4) is 0 Å². The van der Waals surface area contributed by atoms with E-state index >= 15 is 0 Å². The van der Waals surface area contributed by atoms with Gasteiger partial charge in [-0.15, -0.1) is 10.2 Å². The monoisotopic (exact) mass is 376 g/mol. The highest BCUT2D eigenvalue weighted by Gasteiger charge is 2.13. The maximum atomic E-state index is 12.9. The fraction of sp³-hybridized carbons (Fsp3) is 0.118. The highest BCUT2D eigenvalue weighted by atomic mass is 35.5. The van der Waals surface area contributed by atoms with E-state index in [1.165, 1.54) is 36.0 Å². The van der Waals surface area contributed by atoms with Crippen LogP contribution >= 0.6 is 23.4 Å². The van der Waals surface area contributed by atoms with Crippen LogP contribution in [0.5, 0.6) is 0 Å². The van der Waals surface area contributed by atoms with Gasteiger partial charge in [-0.25, -0.2) is 4.39 Å². The van der Waals surface area contributed by atoms with Gasteiger partial charge in [0.2, 0.25) is 5.91 Å². The maximum Gasteiger partial charge on any atom is 0.234 e. The molecule has 0 fully saturated rings. The predicted molar refractivity (Wildman–Crippen MR) is 96.9 cm³/mol. The lowest BCUT2D eigenvalue weighted by molar-refractivity contribution is -0.113. The van der Waals surface area contributed by atoms with Gasteiger partial charge in [0.25, 0.3) is 0 Å². The van der Waals surface area contributed by atoms with E-state index in [0.717, 1.165) is 5.69 Å². The lowest BCUT2D eigenvalue weighted by atomic mass is 10.3. The first-order valence-corrected chi connectivity index (χ1v) is 8.75.